The lowest BCUT2D eigenvalue weighted by Crippen LogP contribution is -2.17. The van der Waals surface area contributed by atoms with Gasteiger partial charge in [-0.2, -0.15) is 5.10 Å². The van der Waals surface area contributed by atoms with Crippen LogP contribution in [0.5, 0.6) is 0 Å². The summed E-state index contributed by atoms with van der Waals surface area (Å²) in [6, 6.07) is 18.0. The summed E-state index contributed by atoms with van der Waals surface area (Å²) < 4.78 is 1.61. The van der Waals surface area contributed by atoms with Crippen molar-refractivity contribution in [2.45, 2.75) is 6.54 Å². The number of benzene rings is 2. The Balaban J connectivity index is 1.81. The van der Waals surface area contributed by atoms with E-state index in [9.17, 15) is 4.79 Å². The van der Waals surface area contributed by atoms with E-state index in [4.69, 9.17) is 5.11 Å². The normalized spacial score (nSPS) is 11.4. The number of aromatic amines is 1. The second kappa shape index (κ2) is 6.51. The SMILES string of the molecule is O=c1[nH]nc2c(-c3ccc(CNCCO)cc3)cc3ccccc3n12. The zero-order valence-electron chi connectivity index (χ0n) is 13.6. The Hall–Kier alpha value is -2.96. The molecule has 0 fully saturated rings. The van der Waals surface area contributed by atoms with Crippen molar-refractivity contribution < 1.29 is 5.11 Å². The molecule has 0 saturated carbocycles. The van der Waals surface area contributed by atoms with Crippen LogP contribution in [0.15, 0.2) is 59.4 Å². The van der Waals surface area contributed by atoms with Crippen molar-refractivity contribution in [3.63, 3.8) is 0 Å². The van der Waals surface area contributed by atoms with Crippen LogP contribution in [0.3, 0.4) is 0 Å². The molecular formula is C19H18N4O2. The molecule has 4 aromatic rings. The molecule has 2 heterocycles. The van der Waals surface area contributed by atoms with Crippen molar-refractivity contribution in [3.05, 3.63) is 70.6 Å². The summed E-state index contributed by atoms with van der Waals surface area (Å²) in [4.78, 5) is 12.2. The van der Waals surface area contributed by atoms with Crippen molar-refractivity contribution in [2.24, 2.45) is 0 Å². The van der Waals surface area contributed by atoms with Gasteiger partial charge in [0.05, 0.1) is 12.1 Å². The highest BCUT2D eigenvalue weighted by atomic mass is 16.3. The standard InChI is InChI=1S/C19H18N4O2/c24-10-9-20-12-13-5-7-14(8-6-13)16-11-15-3-1-2-4-17(15)23-18(16)21-22-19(23)25/h1-8,11,20,24H,9-10,12H2,(H,22,25). The van der Waals surface area contributed by atoms with E-state index in [1.54, 1.807) is 4.40 Å². The number of para-hydroxylation sites is 1. The Morgan fingerprint density at radius 1 is 1.12 bits per heavy atom. The maximum absolute atomic E-state index is 12.2. The molecule has 0 aliphatic rings. The molecule has 4 rings (SSSR count). The minimum absolute atomic E-state index is 0.126. The van der Waals surface area contributed by atoms with Gasteiger partial charge in [-0.3, -0.25) is 0 Å². The molecule has 0 atom stereocenters. The van der Waals surface area contributed by atoms with Gasteiger partial charge in [0.2, 0.25) is 0 Å². The van der Waals surface area contributed by atoms with Gasteiger partial charge < -0.3 is 10.4 Å². The fourth-order valence-corrected chi connectivity index (χ4v) is 3.06. The van der Waals surface area contributed by atoms with E-state index < -0.39 is 0 Å². The Morgan fingerprint density at radius 3 is 2.72 bits per heavy atom. The van der Waals surface area contributed by atoms with Crippen LogP contribution >= 0.6 is 0 Å². The van der Waals surface area contributed by atoms with Crippen LogP contribution < -0.4 is 11.0 Å². The summed E-state index contributed by atoms with van der Waals surface area (Å²) in [5.41, 5.74) is 4.26. The molecular weight excluding hydrogens is 316 g/mol. The van der Waals surface area contributed by atoms with Gasteiger partial charge in [-0.15, -0.1) is 0 Å². The van der Waals surface area contributed by atoms with E-state index in [-0.39, 0.29) is 12.3 Å². The van der Waals surface area contributed by atoms with Gasteiger partial charge in [0.1, 0.15) is 0 Å². The molecule has 0 bridgehead atoms. The van der Waals surface area contributed by atoms with Crippen LogP contribution in [-0.4, -0.2) is 32.9 Å². The topological polar surface area (TPSA) is 82.4 Å². The van der Waals surface area contributed by atoms with Crippen molar-refractivity contribution in [1.82, 2.24) is 19.9 Å². The zero-order chi connectivity index (χ0) is 17.2. The van der Waals surface area contributed by atoms with E-state index in [1.165, 1.54) is 0 Å². The average molecular weight is 334 g/mol. The lowest BCUT2D eigenvalue weighted by molar-refractivity contribution is 0.292. The third-order valence-electron chi connectivity index (χ3n) is 4.27. The van der Waals surface area contributed by atoms with E-state index >= 15 is 0 Å². The Morgan fingerprint density at radius 2 is 1.92 bits per heavy atom. The van der Waals surface area contributed by atoms with Gasteiger partial charge in [0, 0.05) is 18.7 Å². The number of nitrogens with one attached hydrogen (secondary N) is 2. The number of hydrogen-bond donors (Lipinski definition) is 3. The highest BCUT2D eigenvalue weighted by Gasteiger charge is 2.12. The van der Waals surface area contributed by atoms with Crippen LogP contribution in [0.25, 0.3) is 27.7 Å². The third kappa shape index (κ3) is 2.82. The summed E-state index contributed by atoms with van der Waals surface area (Å²) in [5, 5.41) is 19.7. The number of aliphatic hydroxyl groups is 1. The van der Waals surface area contributed by atoms with E-state index in [2.05, 4.69) is 21.6 Å². The van der Waals surface area contributed by atoms with Crippen molar-refractivity contribution in [2.75, 3.05) is 13.2 Å². The maximum Gasteiger partial charge on any atom is 0.348 e. The van der Waals surface area contributed by atoms with Crippen LogP contribution in [0.1, 0.15) is 5.56 Å². The fraction of sp³-hybridized carbons (Fsp3) is 0.158. The minimum atomic E-state index is -0.238. The van der Waals surface area contributed by atoms with Crippen molar-refractivity contribution >= 4 is 16.6 Å². The number of pyridine rings is 1. The largest absolute Gasteiger partial charge is 0.395 e. The smallest absolute Gasteiger partial charge is 0.348 e. The van der Waals surface area contributed by atoms with Crippen LogP contribution in [0, 0.1) is 0 Å². The first-order chi connectivity index (χ1) is 12.3. The summed E-state index contributed by atoms with van der Waals surface area (Å²) in [6.45, 7) is 1.40. The molecule has 0 amide bonds. The first kappa shape index (κ1) is 15.6. The molecule has 2 aromatic heterocycles. The number of hydrogen-bond acceptors (Lipinski definition) is 4. The summed E-state index contributed by atoms with van der Waals surface area (Å²) in [6.07, 6.45) is 0. The van der Waals surface area contributed by atoms with Gasteiger partial charge in [-0.1, -0.05) is 42.5 Å². The Labute approximate surface area is 143 Å². The van der Waals surface area contributed by atoms with Gasteiger partial charge >= 0.3 is 5.69 Å². The molecule has 0 aliphatic heterocycles. The molecule has 25 heavy (non-hydrogen) atoms. The fourth-order valence-electron chi connectivity index (χ4n) is 3.06. The summed E-state index contributed by atoms with van der Waals surface area (Å²) >= 11 is 0. The highest BCUT2D eigenvalue weighted by Crippen LogP contribution is 2.27. The van der Waals surface area contributed by atoms with Crippen LogP contribution in [0.2, 0.25) is 0 Å². The third-order valence-corrected chi connectivity index (χ3v) is 4.27. The Kier molecular flexibility index (Phi) is 4.05. The van der Waals surface area contributed by atoms with Crippen LogP contribution in [-0.2, 0) is 6.54 Å². The van der Waals surface area contributed by atoms with E-state index in [1.807, 2.05) is 48.5 Å². The molecule has 2 aromatic carbocycles. The number of aliphatic hydroxyl groups excluding tert-OH is 1. The lowest BCUT2D eigenvalue weighted by Gasteiger charge is -2.09. The molecule has 0 unspecified atom stereocenters. The number of rotatable bonds is 5. The maximum atomic E-state index is 12.2. The second-order valence-electron chi connectivity index (χ2n) is 5.90. The predicted octanol–water partition coefficient (Wildman–Crippen LogP) is 1.92. The number of aromatic nitrogens is 3. The van der Waals surface area contributed by atoms with Crippen LogP contribution in [0.4, 0.5) is 0 Å². The number of fused-ring (bicyclic) bond motifs is 3. The van der Waals surface area contributed by atoms with Gasteiger partial charge in [-0.25, -0.2) is 14.3 Å². The second-order valence-corrected chi connectivity index (χ2v) is 5.90. The molecule has 0 radical (unpaired) electrons. The van der Waals surface area contributed by atoms with Gasteiger partial charge in [0.25, 0.3) is 0 Å². The monoisotopic (exact) mass is 334 g/mol. The molecule has 6 nitrogen and oxygen atoms in total. The van der Waals surface area contributed by atoms with Gasteiger partial charge in [-0.05, 0) is 28.6 Å². The quantitative estimate of drug-likeness (QED) is 0.487. The molecule has 0 aliphatic carbocycles. The van der Waals surface area contributed by atoms with Gasteiger partial charge in [0.15, 0.2) is 5.65 Å². The highest BCUT2D eigenvalue weighted by molar-refractivity contribution is 5.91. The summed E-state index contributed by atoms with van der Waals surface area (Å²) in [7, 11) is 0. The summed E-state index contributed by atoms with van der Waals surface area (Å²) in [5.74, 6) is 0. The Bertz CT molecular complexity index is 1080. The molecule has 0 spiro atoms. The zero-order valence-corrected chi connectivity index (χ0v) is 13.6. The lowest BCUT2D eigenvalue weighted by atomic mass is 10.0. The van der Waals surface area contributed by atoms with Crippen molar-refractivity contribution in [3.8, 4) is 11.1 Å². The van der Waals surface area contributed by atoms with E-state index in [0.29, 0.717) is 18.7 Å². The minimum Gasteiger partial charge on any atom is -0.395 e. The predicted molar refractivity (Wildman–Crippen MR) is 97.5 cm³/mol. The first-order valence-corrected chi connectivity index (χ1v) is 8.18. The molecule has 3 N–H and O–H groups in total. The number of nitrogens with zero attached hydrogens (tertiary/aromatic N) is 2. The first-order valence-electron chi connectivity index (χ1n) is 8.18. The van der Waals surface area contributed by atoms with E-state index in [0.717, 1.165) is 27.6 Å². The van der Waals surface area contributed by atoms with Crippen molar-refractivity contribution in [1.29, 1.82) is 0 Å². The molecule has 6 heteroatoms. The molecule has 0 saturated heterocycles. The average Bonchev–Trinajstić information content (AvgIpc) is 3.04. The molecule has 126 valence electrons. The number of H-pyrrole nitrogens is 1.